The highest BCUT2D eigenvalue weighted by Gasteiger charge is 2.07. The Morgan fingerprint density at radius 3 is 3.09 bits per heavy atom. The molecular formula is C8H15NO2. The molecule has 0 N–H and O–H groups in total. The Morgan fingerprint density at radius 2 is 2.27 bits per heavy atom. The van der Waals surface area contributed by atoms with Crippen molar-refractivity contribution in [1.82, 2.24) is 5.06 Å². The summed E-state index contributed by atoms with van der Waals surface area (Å²) in [5, 5.41) is 1.90. The third-order valence-corrected chi connectivity index (χ3v) is 1.82. The van der Waals surface area contributed by atoms with Crippen molar-refractivity contribution in [1.29, 1.82) is 0 Å². The van der Waals surface area contributed by atoms with E-state index in [-0.39, 0.29) is 0 Å². The van der Waals surface area contributed by atoms with Gasteiger partial charge in [0.15, 0.2) is 0 Å². The summed E-state index contributed by atoms with van der Waals surface area (Å²) < 4.78 is 0. The quantitative estimate of drug-likeness (QED) is 0.572. The van der Waals surface area contributed by atoms with Crippen LogP contribution in [0.5, 0.6) is 0 Å². The highest BCUT2D eigenvalue weighted by Crippen LogP contribution is 2.06. The maximum absolute atomic E-state index is 10.1. The summed E-state index contributed by atoms with van der Waals surface area (Å²) in [7, 11) is 0. The van der Waals surface area contributed by atoms with Gasteiger partial charge < -0.3 is 4.79 Å². The molecule has 1 saturated heterocycles. The maximum atomic E-state index is 10.1. The standard InChI is InChI=1S/C8H15NO2/c10-7-4-6-9-5-2-1-3-8-11-9/h7H,1-6,8H2. The van der Waals surface area contributed by atoms with Gasteiger partial charge >= 0.3 is 0 Å². The molecule has 1 aliphatic heterocycles. The number of rotatable bonds is 3. The zero-order chi connectivity index (χ0) is 7.94. The Labute approximate surface area is 67.3 Å². The third-order valence-electron chi connectivity index (χ3n) is 1.82. The molecule has 3 heteroatoms. The summed E-state index contributed by atoms with van der Waals surface area (Å²) in [6, 6.07) is 0. The average Bonchev–Trinajstić information content (AvgIpc) is 2.28. The summed E-state index contributed by atoms with van der Waals surface area (Å²) in [4.78, 5) is 15.4. The Morgan fingerprint density at radius 1 is 1.36 bits per heavy atom. The van der Waals surface area contributed by atoms with Crippen molar-refractivity contribution >= 4 is 6.29 Å². The summed E-state index contributed by atoms with van der Waals surface area (Å²) in [5.74, 6) is 0. The average molecular weight is 157 g/mol. The number of aldehydes is 1. The fourth-order valence-corrected chi connectivity index (χ4v) is 1.20. The minimum absolute atomic E-state index is 0.583. The summed E-state index contributed by atoms with van der Waals surface area (Å²) in [6.45, 7) is 2.55. The second-order valence-corrected chi connectivity index (χ2v) is 2.78. The first-order valence-corrected chi connectivity index (χ1v) is 4.25. The van der Waals surface area contributed by atoms with Crippen LogP contribution < -0.4 is 0 Å². The van der Waals surface area contributed by atoms with Crippen LogP contribution in [0.4, 0.5) is 0 Å². The van der Waals surface area contributed by atoms with Gasteiger partial charge in [-0.05, 0) is 19.3 Å². The van der Waals surface area contributed by atoms with Crippen molar-refractivity contribution in [2.75, 3.05) is 19.7 Å². The van der Waals surface area contributed by atoms with Crippen molar-refractivity contribution in [3.05, 3.63) is 0 Å². The number of hydroxylamine groups is 2. The molecular weight excluding hydrogens is 142 g/mol. The normalized spacial score (nSPS) is 21.1. The maximum Gasteiger partial charge on any atom is 0.121 e. The van der Waals surface area contributed by atoms with Crippen LogP contribution in [0.3, 0.4) is 0 Å². The highest BCUT2D eigenvalue weighted by molar-refractivity contribution is 5.49. The van der Waals surface area contributed by atoms with Crippen molar-refractivity contribution in [2.24, 2.45) is 0 Å². The van der Waals surface area contributed by atoms with Crippen LogP contribution in [0.2, 0.25) is 0 Å². The van der Waals surface area contributed by atoms with Gasteiger partial charge in [-0.1, -0.05) is 0 Å². The van der Waals surface area contributed by atoms with Crippen LogP contribution in [-0.2, 0) is 9.63 Å². The van der Waals surface area contributed by atoms with Crippen LogP contribution in [0.15, 0.2) is 0 Å². The molecule has 0 aromatic heterocycles. The topological polar surface area (TPSA) is 29.5 Å². The zero-order valence-electron chi connectivity index (χ0n) is 6.79. The SMILES string of the molecule is O=CCCN1CCCCCO1. The number of hydrogen-bond acceptors (Lipinski definition) is 3. The molecule has 0 aromatic rings. The second kappa shape index (κ2) is 5.27. The van der Waals surface area contributed by atoms with Gasteiger partial charge in [-0.25, -0.2) is 0 Å². The van der Waals surface area contributed by atoms with E-state index in [1.165, 1.54) is 12.8 Å². The number of carbonyl (C=O) groups excluding carboxylic acids is 1. The molecule has 0 bridgehead atoms. The first-order valence-electron chi connectivity index (χ1n) is 4.25. The first-order chi connectivity index (χ1) is 5.43. The van der Waals surface area contributed by atoms with E-state index in [1.54, 1.807) is 0 Å². The fraction of sp³-hybridized carbons (Fsp3) is 0.875. The van der Waals surface area contributed by atoms with Gasteiger partial charge in [-0.3, -0.25) is 4.84 Å². The van der Waals surface area contributed by atoms with Crippen molar-refractivity contribution in [3.8, 4) is 0 Å². The molecule has 0 amide bonds. The van der Waals surface area contributed by atoms with Gasteiger partial charge in [-0.15, -0.1) is 0 Å². The van der Waals surface area contributed by atoms with E-state index in [4.69, 9.17) is 4.84 Å². The molecule has 64 valence electrons. The lowest BCUT2D eigenvalue weighted by molar-refractivity contribution is -0.153. The lowest BCUT2D eigenvalue weighted by Crippen LogP contribution is -2.25. The Hall–Kier alpha value is -0.410. The number of hydrogen-bond donors (Lipinski definition) is 0. The van der Waals surface area contributed by atoms with Crippen LogP contribution >= 0.6 is 0 Å². The molecule has 0 unspecified atom stereocenters. The van der Waals surface area contributed by atoms with E-state index in [1.807, 2.05) is 5.06 Å². The smallest absolute Gasteiger partial charge is 0.121 e. The van der Waals surface area contributed by atoms with E-state index < -0.39 is 0 Å². The molecule has 0 aromatic carbocycles. The van der Waals surface area contributed by atoms with Crippen molar-refractivity contribution in [3.63, 3.8) is 0 Å². The molecule has 1 aliphatic rings. The minimum Gasteiger partial charge on any atom is -0.303 e. The summed E-state index contributed by atoms with van der Waals surface area (Å²) in [5.41, 5.74) is 0. The highest BCUT2D eigenvalue weighted by atomic mass is 16.7. The summed E-state index contributed by atoms with van der Waals surface area (Å²) in [6.07, 6.45) is 5.11. The Bertz CT molecular complexity index is 109. The van der Waals surface area contributed by atoms with Crippen molar-refractivity contribution < 1.29 is 9.63 Å². The van der Waals surface area contributed by atoms with Crippen LogP contribution in [0.1, 0.15) is 25.7 Å². The second-order valence-electron chi connectivity index (χ2n) is 2.78. The number of nitrogens with zero attached hydrogens (tertiary/aromatic N) is 1. The van der Waals surface area contributed by atoms with Gasteiger partial charge in [0.25, 0.3) is 0 Å². The van der Waals surface area contributed by atoms with Gasteiger partial charge in [0.1, 0.15) is 6.29 Å². The molecule has 1 rings (SSSR count). The van der Waals surface area contributed by atoms with Crippen LogP contribution in [0.25, 0.3) is 0 Å². The predicted octanol–water partition coefficient (Wildman–Crippen LogP) is 0.993. The Balaban J connectivity index is 2.14. The lowest BCUT2D eigenvalue weighted by atomic mass is 10.2. The molecule has 0 aliphatic carbocycles. The zero-order valence-corrected chi connectivity index (χ0v) is 6.79. The van der Waals surface area contributed by atoms with Crippen LogP contribution in [-0.4, -0.2) is 31.0 Å². The molecule has 1 heterocycles. The molecule has 11 heavy (non-hydrogen) atoms. The predicted molar refractivity (Wildman–Crippen MR) is 42.1 cm³/mol. The van der Waals surface area contributed by atoms with Crippen molar-refractivity contribution in [2.45, 2.75) is 25.7 Å². The van der Waals surface area contributed by atoms with Gasteiger partial charge in [-0.2, -0.15) is 5.06 Å². The summed E-state index contributed by atoms with van der Waals surface area (Å²) >= 11 is 0. The molecule has 0 saturated carbocycles. The van der Waals surface area contributed by atoms with Crippen LogP contribution in [0, 0.1) is 0 Å². The Kier molecular flexibility index (Phi) is 4.16. The van der Waals surface area contributed by atoms with E-state index in [0.29, 0.717) is 6.42 Å². The van der Waals surface area contributed by atoms with Gasteiger partial charge in [0.2, 0.25) is 0 Å². The van der Waals surface area contributed by atoms with E-state index in [9.17, 15) is 4.79 Å². The van der Waals surface area contributed by atoms with E-state index in [0.717, 1.165) is 32.4 Å². The molecule has 0 radical (unpaired) electrons. The fourth-order valence-electron chi connectivity index (χ4n) is 1.20. The van der Waals surface area contributed by atoms with E-state index >= 15 is 0 Å². The third kappa shape index (κ3) is 3.49. The molecule has 0 spiro atoms. The molecule has 1 fully saturated rings. The lowest BCUT2D eigenvalue weighted by Gasteiger charge is -2.17. The monoisotopic (exact) mass is 157 g/mol. The molecule has 3 nitrogen and oxygen atoms in total. The molecule has 0 atom stereocenters. The largest absolute Gasteiger partial charge is 0.303 e. The minimum atomic E-state index is 0.583. The first kappa shape index (κ1) is 8.68. The van der Waals surface area contributed by atoms with Gasteiger partial charge in [0, 0.05) is 19.5 Å². The number of carbonyl (C=O) groups is 1. The van der Waals surface area contributed by atoms with E-state index in [2.05, 4.69) is 0 Å². The van der Waals surface area contributed by atoms with Gasteiger partial charge in [0.05, 0.1) is 6.61 Å².